The van der Waals surface area contributed by atoms with E-state index >= 15 is 0 Å². The van der Waals surface area contributed by atoms with E-state index in [9.17, 15) is 14.7 Å². The monoisotopic (exact) mass is 306 g/mol. The van der Waals surface area contributed by atoms with Crippen molar-refractivity contribution in [1.29, 1.82) is 0 Å². The molecule has 2 amide bonds. The molecule has 1 heterocycles. The van der Waals surface area contributed by atoms with Crippen LogP contribution in [0.2, 0.25) is 0 Å². The summed E-state index contributed by atoms with van der Waals surface area (Å²) in [5.74, 6) is -0.609. The topological polar surface area (TPSA) is 89.9 Å². The molecule has 1 atom stereocenters. The van der Waals surface area contributed by atoms with E-state index in [1.54, 1.807) is 24.0 Å². The molecule has 1 aliphatic heterocycles. The minimum atomic E-state index is -0.852. The van der Waals surface area contributed by atoms with Gasteiger partial charge in [0.15, 0.2) is 0 Å². The Morgan fingerprint density at radius 3 is 2.59 bits per heavy atom. The lowest BCUT2D eigenvalue weighted by Gasteiger charge is -2.20. The molecular weight excluding hydrogens is 284 g/mol. The molecular formula is C16H22N2O4. The van der Waals surface area contributed by atoms with Gasteiger partial charge in [-0.25, -0.2) is 4.79 Å². The van der Waals surface area contributed by atoms with E-state index in [1.165, 1.54) is 0 Å². The average Bonchev–Trinajstić information content (AvgIpc) is 2.89. The number of carbonyl (C=O) groups is 2. The van der Waals surface area contributed by atoms with Gasteiger partial charge in [-0.3, -0.25) is 4.79 Å². The average molecular weight is 306 g/mol. The number of aryl methyl sites for hydroxylation is 1. The number of phenols is 1. The van der Waals surface area contributed by atoms with Crippen LogP contribution in [0.1, 0.15) is 25.3 Å². The second-order valence-corrected chi connectivity index (χ2v) is 6.04. The Morgan fingerprint density at radius 1 is 1.32 bits per heavy atom. The van der Waals surface area contributed by atoms with Gasteiger partial charge in [0.25, 0.3) is 0 Å². The molecule has 0 bridgehead atoms. The van der Waals surface area contributed by atoms with E-state index in [2.05, 4.69) is 5.32 Å². The van der Waals surface area contributed by atoms with Crippen LogP contribution >= 0.6 is 0 Å². The van der Waals surface area contributed by atoms with Crippen LogP contribution in [-0.2, 0) is 11.2 Å². The number of benzene rings is 1. The van der Waals surface area contributed by atoms with Crippen LogP contribution in [0.25, 0.3) is 0 Å². The van der Waals surface area contributed by atoms with Crippen LogP contribution in [0.5, 0.6) is 5.75 Å². The van der Waals surface area contributed by atoms with Crippen molar-refractivity contribution >= 4 is 12.0 Å². The number of rotatable bonds is 5. The van der Waals surface area contributed by atoms with Crippen LogP contribution in [-0.4, -0.2) is 46.7 Å². The minimum Gasteiger partial charge on any atom is -0.508 e. The molecule has 1 aromatic carbocycles. The predicted octanol–water partition coefficient (Wildman–Crippen LogP) is 1.83. The number of aromatic hydroxyl groups is 1. The molecule has 1 saturated heterocycles. The smallest absolute Gasteiger partial charge is 0.317 e. The van der Waals surface area contributed by atoms with Gasteiger partial charge in [-0.05, 0) is 43.9 Å². The number of urea groups is 1. The number of nitrogens with zero attached hydrogens (tertiary/aromatic N) is 1. The molecule has 0 spiro atoms. The highest BCUT2D eigenvalue weighted by Crippen LogP contribution is 2.29. The maximum atomic E-state index is 12.0. The Kier molecular flexibility index (Phi) is 4.90. The fourth-order valence-electron chi connectivity index (χ4n) is 2.57. The van der Waals surface area contributed by atoms with Crippen molar-refractivity contribution < 1.29 is 19.8 Å². The molecule has 2 rings (SSSR count). The third kappa shape index (κ3) is 3.90. The van der Waals surface area contributed by atoms with Crippen LogP contribution < -0.4 is 5.32 Å². The van der Waals surface area contributed by atoms with Gasteiger partial charge in [-0.15, -0.1) is 0 Å². The highest BCUT2D eigenvalue weighted by atomic mass is 16.4. The summed E-state index contributed by atoms with van der Waals surface area (Å²) in [6.45, 7) is 2.95. The summed E-state index contributed by atoms with van der Waals surface area (Å²) in [5.41, 5.74) is 0.273. The Balaban J connectivity index is 1.70. The summed E-state index contributed by atoms with van der Waals surface area (Å²) in [7, 11) is 0. The number of aliphatic carboxylic acids is 1. The number of carbonyl (C=O) groups excluding carboxylic acids is 1. The third-order valence-electron chi connectivity index (χ3n) is 4.13. The molecule has 0 aliphatic carbocycles. The highest BCUT2D eigenvalue weighted by Gasteiger charge is 2.42. The first kappa shape index (κ1) is 16.1. The highest BCUT2D eigenvalue weighted by molar-refractivity contribution is 5.79. The van der Waals surface area contributed by atoms with Crippen molar-refractivity contribution in [3.63, 3.8) is 0 Å². The molecule has 0 aromatic heterocycles. The number of hydrogen-bond donors (Lipinski definition) is 3. The van der Waals surface area contributed by atoms with Crippen molar-refractivity contribution in [1.82, 2.24) is 10.2 Å². The van der Waals surface area contributed by atoms with Crippen molar-refractivity contribution in [2.45, 2.75) is 26.2 Å². The Labute approximate surface area is 129 Å². The Hall–Kier alpha value is -2.24. The normalized spacial score (nSPS) is 20.9. The fourth-order valence-corrected chi connectivity index (χ4v) is 2.57. The summed E-state index contributed by atoms with van der Waals surface area (Å²) in [6, 6.07) is 6.80. The van der Waals surface area contributed by atoms with Gasteiger partial charge in [0, 0.05) is 19.6 Å². The van der Waals surface area contributed by atoms with Crippen molar-refractivity contribution in [3.8, 4) is 5.75 Å². The van der Waals surface area contributed by atoms with E-state index in [-0.39, 0.29) is 18.3 Å². The van der Waals surface area contributed by atoms with E-state index in [0.29, 0.717) is 19.5 Å². The molecule has 120 valence electrons. The zero-order chi connectivity index (χ0) is 16.2. The molecule has 22 heavy (non-hydrogen) atoms. The van der Waals surface area contributed by atoms with Gasteiger partial charge in [0.2, 0.25) is 0 Å². The molecule has 0 radical (unpaired) electrons. The zero-order valence-electron chi connectivity index (χ0n) is 12.7. The molecule has 1 aromatic rings. The van der Waals surface area contributed by atoms with Crippen LogP contribution in [0.4, 0.5) is 4.79 Å². The minimum absolute atomic E-state index is 0.198. The number of carboxylic acid groups (broad SMARTS) is 1. The summed E-state index contributed by atoms with van der Waals surface area (Å²) in [5, 5.41) is 21.2. The quantitative estimate of drug-likeness (QED) is 0.724. The van der Waals surface area contributed by atoms with E-state index < -0.39 is 11.4 Å². The van der Waals surface area contributed by atoms with E-state index in [4.69, 9.17) is 5.11 Å². The second kappa shape index (κ2) is 6.68. The number of phenolic OH excluding ortho intramolecular Hbond substituents is 1. The summed E-state index contributed by atoms with van der Waals surface area (Å²) < 4.78 is 0. The Bertz CT molecular complexity index is 544. The SMILES string of the molecule is CC1(C(=O)O)CCN(C(=O)NCCCc2ccc(O)cc2)C1. The fraction of sp³-hybridized carbons (Fsp3) is 0.500. The van der Waals surface area contributed by atoms with Gasteiger partial charge in [-0.2, -0.15) is 0 Å². The zero-order valence-corrected chi connectivity index (χ0v) is 12.7. The standard InChI is InChI=1S/C16H22N2O4/c1-16(14(20)21)8-10-18(11-16)15(22)17-9-2-3-12-4-6-13(19)7-5-12/h4-7,19H,2-3,8-11H2,1H3,(H,17,22)(H,20,21). The molecule has 6 nitrogen and oxygen atoms in total. The van der Waals surface area contributed by atoms with Gasteiger partial charge >= 0.3 is 12.0 Å². The van der Waals surface area contributed by atoms with Crippen molar-refractivity contribution in [3.05, 3.63) is 29.8 Å². The third-order valence-corrected chi connectivity index (χ3v) is 4.13. The molecule has 3 N–H and O–H groups in total. The summed E-state index contributed by atoms with van der Waals surface area (Å²) in [4.78, 5) is 24.7. The molecule has 1 aliphatic rings. The molecule has 1 unspecified atom stereocenters. The predicted molar refractivity (Wildman–Crippen MR) is 81.8 cm³/mol. The number of nitrogens with one attached hydrogen (secondary N) is 1. The van der Waals surface area contributed by atoms with E-state index in [0.717, 1.165) is 18.4 Å². The second-order valence-electron chi connectivity index (χ2n) is 6.04. The lowest BCUT2D eigenvalue weighted by atomic mass is 9.90. The number of likely N-dealkylation sites (tertiary alicyclic amines) is 1. The maximum Gasteiger partial charge on any atom is 0.317 e. The van der Waals surface area contributed by atoms with Crippen molar-refractivity contribution in [2.75, 3.05) is 19.6 Å². The van der Waals surface area contributed by atoms with Gasteiger partial charge in [0.05, 0.1) is 5.41 Å². The summed E-state index contributed by atoms with van der Waals surface area (Å²) >= 11 is 0. The number of amides is 2. The lowest BCUT2D eigenvalue weighted by Crippen LogP contribution is -2.41. The van der Waals surface area contributed by atoms with Crippen molar-refractivity contribution in [2.24, 2.45) is 5.41 Å². The first-order valence-corrected chi connectivity index (χ1v) is 7.45. The van der Waals surface area contributed by atoms with Gasteiger partial charge in [-0.1, -0.05) is 12.1 Å². The first-order chi connectivity index (χ1) is 10.4. The molecule has 1 fully saturated rings. The van der Waals surface area contributed by atoms with Gasteiger partial charge < -0.3 is 20.4 Å². The van der Waals surface area contributed by atoms with Crippen LogP contribution in [0.3, 0.4) is 0 Å². The van der Waals surface area contributed by atoms with E-state index in [1.807, 2.05) is 12.1 Å². The maximum absolute atomic E-state index is 12.0. The lowest BCUT2D eigenvalue weighted by molar-refractivity contribution is -0.146. The van der Waals surface area contributed by atoms with Gasteiger partial charge in [0.1, 0.15) is 5.75 Å². The largest absolute Gasteiger partial charge is 0.508 e. The van der Waals surface area contributed by atoms with Crippen LogP contribution in [0.15, 0.2) is 24.3 Å². The van der Waals surface area contributed by atoms with Crippen LogP contribution in [0, 0.1) is 5.41 Å². The summed E-state index contributed by atoms with van der Waals surface area (Å²) in [6.07, 6.45) is 2.09. The first-order valence-electron chi connectivity index (χ1n) is 7.45. The molecule has 0 saturated carbocycles. The molecule has 6 heteroatoms. The number of carboxylic acids is 1. The Morgan fingerprint density at radius 2 is 2.00 bits per heavy atom. The number of hydrogen-bond acceptors (Lipinski definition) is 3.